The molecule has 2 aromatic rings. The van der Waals surface area contributed by atoms with Crippen molar-refractivity contribution < 1.29 is 13.9 Å². The van der Waals surface area contributed by atoms with Gasteiger partial charge < -0.3 is 15.0 Å². The van der Waals surface area contributed by atoms with Gasteiger partial charge in [0, 0.05) is 13.1 Å². The number of ether oxygens (including phenoxy) is 1. The highest BCUT2D eigenvalue weighted by Crippen LogP contribution is 2.11. The number of hydrogen-bond donors (Lipinski definition) is 2. The zero-order valence-corrected chi connectivity index (χ0v) is 12.2. The van der Waals surface area contributed by atoms with Gasteiger partial charge in [0.1, 0.15) is 11.4 Å². The van der Waals surface area contributed by atoms with Crippen LogP contribution in [0.25, 0.3) is 11.0 Å². The van der Waals surface area contributed by atoms with Gasteiger partial charge in [0.05, 0.1) is 11.0 Å². The van der Waals surface area contributed by atoms with Crippen LogP contribution in [0.4, 0.5) is 9.18 Å². The number of hydrogen-bond acceptors (Lipinski definition) is 3. The third kappa shape index (κ3) is 3.84. The second-order valence-corrected chi connectivity index (χ2v) is 5.67. The third-order valence-electron chi connectivity index (χ3n) is 2.74. The fourth-order valence-corrected chi connectivity index (χ4v) is 1.94. The molecule has 0 spiro atoms. The van der Waals surface area contributed by atoms with Gasteiger partial charge in [0.2, 0.25) is 0 Å². The molecule has 0 saturated heterocycles. The second-order valence-electron chi connectivity index (χ2n) is 5.67. The first-order valence-corrected chi connectivity index (χ1v) is 6.61. The van der Waals surface area contributed by atoms with Gasteiger partial charge in [0.25, 0.3) is 0 Å². The number of imidazole rings is 1. The van der Waals surface area contributed by atoms with Crippen LogP contribution in [0, 0.1) is 5.82 Å². The van der Waals surface area contributed by atoms with E-state index in [1.807, 2.05) is 0 Å². The largest absolute Gasteiger partial charge is 0.444 e. The molecule has 0 unspecified atom stereocenters. The van der Waals surface area contributed by atoms with E-state index < -0.39 is 17.5 Å². The van der Waals surface area contributed by atoms with E-state index in [9.17, 15) is 14.0 Å². The van der Waals surface area contributed by atoms with Crippen LogP contribution in [-0.2, 0) is 11.3 Å². The number of nitrogens with zero attached hydrogens (tertiary/aromatic N) is 1. The molecule has 1 heterocycles. The summed E-state index contributed by atoms with van der Waals surface area (Å²) in [5.74, 6) is -0.414. The summed E-state index contributed by atoms with van der Waals surface area (Å²) < 4.78 is 19.6. The number of carbonyl (C=O) groups excluding carboxylic acids is 1. The van der Waals surface area contributed by atoms with Crippen LogP contribution in [-0.4, -0.2) is 27.8 Å². The molecular weight excluding hydrogens is 277 g/mol. The maximum absolute atomic E-state index is 13.1. The van der Waals surface area contributed by atoms with Crippen LogP contribution < -0.4 is 11.0 Å². The molecule has 0 atom stereocenters. The average molecular weight is 295 g/mol. The van der Waals surface area contributed by atoms with Gasteiger partial charge >= 0.3 is 11.8 Å². The van der Waals surface area contributed by atoms with Crippen molar-refractivity contribution in [2.24, 2.45) is 0 Å². The number of fused-ring (bicyclic) bond motifs is 1. The number of aromatic nitrogens is 2. The molecule has 0 bridgehead atoms. The van der Waals surface area contributed by atoms with Crippen molar-refractivity contribution in [3.63, 3.8) is 0 Å². The monoisotopic (exact) mass is 295 g/mol. The summed E-state index contributed by atoms with van der Waals surface area (Å²) in [4.78, 5) is 25.9. The Kier molecular flexibility index (Phi) is 4.02. The standard InChI is InChI=1S/C14H18FN3O3/c1-14(2,3)21-13(20)16-6-7-18-11-5-4-9(15)8-10(11)17-12(18)19/h4-5,8H,6-7H2,1-3H3,(H,16,20)(H,17,19). The first kappa shape index (κ1) is 15.1. The molecule has 0 aliphatic rings. The van der Waals surface area contributed by atoms with Crippen molar-refractivity contribution in [3.8, 4) is 0 Å². The lowest BCUT2D eigenvalue weighted by molar-refractivity contribution is 0.0526. The molecule has 0 aliphatic carbocycles. The normalized spacial score (nSPS) is 11.6. The zero-order chi connectivity index (χ0) is 15.6. The number of carbonyl (C=O) groups is 1. The number of aromatic amines is 1. The second kappa shape index (κ2) is 5.59. The van der Waals surface area contributed by atoms with Crippen LogP contribution in [0.5, 0.6) is 0 Å². The number of amides is 1. The number of alkyl carbamates (subject to hydrolysis) is 1. The molecule has 0 radical (unpaired) electrons. The topological polar surface area (TPSA) is 76.1 Å². The molecule has 0 saturated carbocycles. The Morgan fingerprint density at radius 1 is 1.43 bits per heavy atom. The van der Waals surface area contributed by atoms with Crippen molar-refractivity contribution in [2.75, 3.05) is 6.54 Å². The van der Waals surface area contributed by atoms with Gasteiger partial charge in [-0.25, -0.2) is 14.0 Å². The fraction of sp³-hybridized carbons (Fsp3) is 0.429. The molecule has 1 aromatic heterocycles. The smallest absolute Gasteiger partial charge is 0.407 e. The minimum Gasteiger partial charge on any atom is -0.444 e. The zero-order valence-electron chi connectivity index (χ0n) is 12.2. The molecular formula is C14H18FN3O3. The number of H-pyrrole nitrogens is 1. The van der Waals surface area contributed by atoms with Crippen molar-refractivity contribution in [1.82, 2.24) is 14.9 Å². The maximum Gasteiger partial charge on any atom is 0.407 e. The molecule has 0 fully saturated rings. The van der Waals surface area contributed by atoms with Crippen molar-refractivity contribution in [2.45, 2.75) is 32.9 Å². The maximum atomic E-state index is 13.1. The number of nitrogens with one attached hydrogen (secondary N) is 2. The highest BCUT2D eigenvalue weighted by Gasteiger charge is 2.15. The first-order chi connectivity index (χ1) is 9.76. The van der Waals surface area contributed by atoms with E-state index in [1.54, 1.807) is 20.8 Å². The van der Waals surface area contributed by atoms with E-state index in [1.165, 1.54) is 22.8 Å². The lowest BCUT2D eigenvalue weighted by atomic mass is 10.2. The minimum absolute atomic E-state index is 0.235. The summed E-state index contributed by atoms with van der Waals surface area (Å²) in [6, 6.07) is 4.07. The molecule has 1 aromatic carbocycles. The van der Waals surface area contributed by atoms with Crippen molar-refractivity contribution in [1.29, 1.82) is 0 Å². The van der Waals surface area contributed by atoms with E-state index in [-0.39, 0.29) is 18.8 Å². The van der Waals surface area contributed by atoms with Crippen LogP contribution in [0.3, 0.4) is 0 Å². The molecule has 6 nitrogen and oxygen atoms in total. The first-order valence-electron chi connectivity index (χ1n) is 6.61. The highest BCUT2D eigenvalue weighted by atomic mass is 19.1. The SMILES string of the molecule is CC(C)(C)OC(=O)NCCn1c(=O)[nH]c2cc(F)ccc21. The number of benzene rings is 1. The molecule has 0 aliphatic heterocycles. The quantitative estimate of drug-likeness (QED) is 0.909. The summed E-state index contributed by atoms with van der Waals surface area (Å²) in [7, 11) is 0. The van der Waals surface area contributed by atoms with Gasteiger partial charge in [-0.1, -0.05) is 0 Å². The summed E-state index contributed by atoms with van der Waals surface area (Å²) >= 11 is 0. The lowest BCUT2D eigenvalue weighted by Crippen LogP contribution is -2.35. The Morgan fingerprint density at radius 2 is 2.14 bits per heavy atom. The number of halogens is 1. The minimum atomic E-state index is -0.570. The molecule has 2 N–H and O–H groups in total. The van der Waals surface area contributed by atoms with Gasteiger partial charge in [0.15, 0.2) is 0 Å². The van der Waals surface area contributed by atoms with E-state index in [2.05, 4.69) is 10.3 Å². The Morgan fingerprint density at radius 3 is 2.81 bits per heavy atom. The van der Waals surface area contributed by atoms with Crippen LogP contribution in [0.2, 0.25) is 0 Å². The fourth-order valence-electron chi connectivity index (χ4n) is 1.94. The third-order valence-corrected chi connectivity index (χ3v) is 2.74. The number of rotatable bonds is 3. The van der Waals surface area contributed by atoms with Crippen LogP contribution in [0.1, 0.15) is 20.8 Å². The van der Waals surface area contributed by atoms with Crippen molar-refractivity contribution >= 4 is 17.1 Å². The summed E-state index contributed by atoms with van der Waals surface area (Å²) in [6.07, 6.45) is -0.540. The van der Waals surface area contributed by atoms with E-state index >= 15 is 0 Å². The predicted octanol–water partition coefficient (Wildman–Crippen LogP) is 1.99. The van der Waals surface area contributed by atoms with E-state index in [0.29, 0.717) is 11.0 Å². The van der Waals surface area contributed by atoms with Gasteiger partial charge in [-0.2, -0.15) is 0 Å². The lowest BCUT2D eigenvalue weighted by Gasteiger charge is -2.19. The highest BCUT2D eigenvalue weighted by molar-refractivity contribution is 5.75. The summed E-state index contributed by atoms with van der Waals surface area (Å²) in [5.41, 5.74) is 0.102. The van der Waals surface area contributed by atoms with Gasteiger partial charge in [-0.05, 0) is 39.0 Å². The average Bonchev–Trinajstić information content (AvgIpc) is 2.62. The molecule has 114 valence electrons. The Balaban J connectivity index is 2.03. The van der Waals surface area contributed by atoms with E-state index in [4.69, 9.17) is 4.74 Å². The summed E-state index contributed by atoms with van der Waals surface area (Å²) in [6.45, 7) is 5.81. The molecule has 7 heteroatoms. The van der Waals surface area contributed by atoms with Crippen LogP contribution >= 0.6 is 0 Å². The Labute approximate surface area is 120 Å². The molecule has 2 rings (SSSR count). The predicted molar refractivity (Wildman–Crippen MR) is 76.8 cm³/mol. The van der Waals surface area contributed by atoms with E-state index in [0.717, 1.165) is 0 Å². The van der Waals surface area contributed by atoms with Crippen LogP contribution in [0.15, 0.2) is 23.0 Å². The molecule has 21 heavy (non-hydrogen) atoms. The van der Waals surface area contributed by atoms with Crippen molar-refractivity contribution in [3.05, 3.63) is 34.5 Å². The van der Waals surface area contributed by atoms with Gasteiger partial charge in [-0.15, -0.1) is 0 Å². The molecule has 1 amide bonds. The van der Waals surface area contributed by atoms with Gasteiger partial charge in [-0.3, -0.25) is 4.57 Å². The summed E-state index contributed by atoms with van der Waals surface area (Å²) in [5, 5.41) is 2.57. The Hall–Kier alpha value is -2.31. The Bertz CT molecular complexity index is 712.